The Morgan fingerprint density at radius 2 is 1.87 bits per heavy atom. The third kappa shape index (κ3) is 3.34. The molecule has 1 aliphatic rings. The number of carbonyl (C=O) groups excluding carboxylic acids is 1. The van der Waals surface area contributed by atoms with Crippen LogP contribution in [0.2, 0.25) is 0 Å². The highest BCUT2D eigenvalue weighted by atomic mass is 16.7. The first-order valence-electron chi connectivity index (χ1n) is 9.57. The van der Waals surface area contributed by atoms with E-state index in [2.05, 4.69) is 41.3 Å². The number of aromatic nitrogens is 3. The van der Waals surface area contributed by atoms with Gasteiger partial charge in [-0.3, -0.25) is 0 Å². The monoisotopic (exact) mass is 401 g/mol. The summed E-state index contributed by atoms with van der Waals surface area (Å²) in [4.78, 5) is 17.5. The van der Waals surface area contributed by atoms with Gasteiger partial charge in [-0.25, -0.2) is 14.5 Å². The van der Waals surface area contributed by atoms with Crippen molar-refractivity contribution >= 4 is 17.0 Å². The fourth-order valence-corrected chi connectivity index (χ4v) is 3.43. The molecular formula is C23H19N3O4. The van der Waals surface area contributed by atoms with E-state index in [1.807, 2.05) is 6.92 Å². The van der Waals surface area contributed by atoms with Crippen molar-refractivity contribution in [3.63, 3.8) is 0 Å². The van der Waals surface area contributed by atoms with Gasteiger partial charge in [-0.15, -0.1) is 0 Å². The average molecular weight is 401 g/mol. The molecule has 0 saturated carbocycles. The molecular weight excluding hydrogens is 382 g/mol. The van der Waals surface area contributed by atoms with Gasteiger partial charge in [-0.2, -0.15) is 5.10 Å². The fraction of sp³-hybridized carbons (Fsp3) is 0.174. The van der Waals surface area contributed by atoms with Gasteiger partial charge in [0.25, 0.3) is 0 Å². The predicted molar refractivity (Wildman–Crippen MR) is 110 cm³/mol. The molecule has 0 aliphatic carbocycles. The lowest BCUT2D eigenvalue weighted by atomic mass is 10.1. The molecule has 2 aromatic heterocycles. The second-order valence-corrected chi connectivity index (χ2v) is 7.24. The van der Waals surface area contributed by atoms with Crippen molar-refractivity contribution in [2.45, 2.75) is 20.4 Å². The summed E-state index contributed by atoms with van der Waals surface area (Å²) in [6.45, 7) is 4.63. The van der Waals surface area contributed by atoms with Crippen LogP contribution in [-0.4, -0.2) is 27.5 Å². The summed E-state index contributed by atoms with van der Waals surface area (Å²) in [7, 11) is 0. The van der Waals surface area contributed by atoms with E-state index in [0.29, 0.717) is 46.1 Å². The number of nitrogens with zero attached hydrogens (tertiary/aromatic N) is 3. The standard InChI is InChI=1S/C23H19N3O4/c1-14-3-5-16(6-4-14)12-26-22-19(11-24-26)18(9-15(2)25-22)23(27)30-17-7-8-20-21(10-17)29-13-28-20/h3-11H,12-13H2,1-2H3. The van der Waals surface area contributed by atoms with Gasteiger partial charge in [-0.05, 0) is 37.6 Å². The van der Waals surface area contributed by atoms with Gasteiger partial charge >= 0.3 is 5.97 Å². The zero-order chi connectivity index (χ0) is 20.7. The number of esters is 1. The molecule has 7 heteroatoms. The molecule has 0 unspecified atom stereocenters. The van der Waals surface area contributed by atoms with Crippen molar-refractivity contribution in [2.24, 2.45) is 0 Å². The maximum atomic E-state index is 12.9. The summed E-state index contributed by atoms with van der Waals surface area (Å²) >= 11 is 0. The summed E-state index contributed by atoms with van der Waals surface area (Å²) < 4.78 is 18.0. The fourth-order valence-electron chi connectivity index (χ4n) is 3.43. The van der Waals surface area contributed by atoms with E-state index in [1.165, 1.54) is 5.56 Å². The molecule has 150 valence electrons. The Hall–Kier alpha value is -3.87. The van der Waals surface area contributed by atoms with Crippen LogP contribution in [0.25, 0.3) is 11.0 Å². The zero-order valence-electron chi connectivity index (χ0n) is 16.6. The number of carbonyl (C=O) groups is 1. The second-order valence-electron chi connectivity index (χ2n) is 7.24. The van der Waals surface area contributed by atoms with Gasteiger partial charge in [0.1, 0.15) is 5.75 Å². The molecule has 0 N–H and O–H groups in total. The van der Waals surface area contributed by atoms with Crippen LogP contribution in [0, 0.1) is 13.8 Å². The number of rotatable bonds is 4. The van der Waals surface area contributed by atoms with E-state index in [0.717, 1.165) is 5.56 Å². The summed E-state index contributed by atoms with van der Waals surface area (Å²) in [5.74, 6) is 1.11. The molecule has 0 fully saturated rings. The number of pyridine rings is 1. The Kier molecular flexibility index (Phi) is 4.35. The Balaban J connectivity index is 1.46. The molecule has 7 nitrogen and oxygen atoms in total. The van der Waals surface area contributed by atoms with Crippen LogP contribution in [0.15, 0.2) is 54.7 Å². The number of aryl methyl sites for hydroxylation is 2. The molecule has 0 radical (unpaired) electrons. The third-order valence-electron chi connectivity index (χ3n) is 4.96. The summed E-state index contributed by atoms with van der Waals surface area (Å²) in [6, 6.07) is 15.0. The zero-order valence-corrected chi connectivity index (χ0v) is 16.6. The van der Waals surface area contributed by atoms with E-state index in [1.54, 1.807) is 35.1 Å². The maximum absolute atomic E-state index is 12.9. The van der Waals surface area contributed by atoms with Gasteiger partial charge in [0.2, 0.25) is 6.79 Å². The molecule has 0 spiro atoms. The quantitative estimate of drug-likeness (QED) is 0.379. The SMILES string of the molecule is Cc1ccc(Cn2ncc3c(C(=O)Oc4ccc5c(c4)OCO5)cc(C)nc32)cc1. The van der Waals surface area contributed by atoms with E-state index in [9.17, 15) is 4.79 Å². The highest BCUT2D eigenvalue weighted by Crippen LogP contribution is 2.35. The van der Waals surface area contributed by atoms with Crippen molar-refractivity contribution < 1.29 is 19.0 Å². The Bertz CT molecular complexity index is 1260. The number of benzene rings is 2. The first-order valence-corrected chi connectivity index (χ1v) is 9.57. The minimum absolute atomic E-state index is 0.164. The highest BCUT2D eigenvalue weighted by Gasteiger charge is 2.20. The second kappa shape index (κ2) is 7.18. The van der Waals surface area contributed by atoms with Crippen LogP contribution in [-0.2, 0) is 6.54 Å². The molecule has 1 aliphatic heterocycles. The van der Waals surface area contributed by atoms with E-state index in [4.69, 9.17) is 14.2 Å². The number of ether oxygens (including phenoxy) is 3. The average Bonchev–Trinajstić information content (AvgIpc) is 3.36. The normalized spacial score (nSPS) is 12.3. The minimum Gasteiger partial charge on any atom is -0.454 e. The lowest BCUT2D eigenvalue weighted by Gasteiger charge is -2.08. The molecule has 2 aromatic carbocycles. The molecule has 0 amide bonds. The molecule has 30 heavy (non-hydrogen) atoms. The largest absolute Gasteiger partial charge is 0.454 e. The number of hydrogen-bond acceptors (Lipinski definition) is 6. The van der Waals surface area contributed by atoms with Crippen molar-refractivity contribution in [3.05, 3.63) is 77.1 Å². The van der Waals surface area contributed by atoms with Gasteiger partial charge in [-0.1, -0.05) is 29.8 Å². The predicted octanol–water partition coefficient (Wildman–Crippen LogP) is 4.04. The smallest absolute Gasteiger partial charge is 0.344 e. The Morgan fingerprint density at radius 1 is 1.07 bits per heavy atom. The van der Waals surface area contributed by atoms with Crippen molar-refractivity contribution in [1.29, 1.82) is 0 Å². The molecule has 0 atom stereocenters. The van der Waals surface area contributed by atoms with E-state index < -0.39 is 5.97 Å². The topological polar surface area (TPSA) is 75.5 Å². The number of hydrogen-bond donors (Lipinski definition) is 0. The Labute approximate surface area is 172 Å². The first-order chi connectivity index (χ1) is 14.6. The van der Waals surface area contributed by atoms with Crippen LogP contribution in [0.1, 0.15) is 27.2 Å². The van der Waals surface area contributed by atoms with Crippen LogP contribution >= 0.6 is 0 Å². The highest BCUT2D eigenvalue weighted by molar-refractivity contribution is 6.03. The minimum atomic E-state index is -0.473. The van der Waals surface area contributed by atoms with Crippen LogP contribution in [0.5, 0.6) is 17.2 Å². The van der Waals surface area contributed by atoms with Gasteiger partial charge < -0.3 is 14.2 Å². The van der Waals surface area contributed by atoms with Gasteiger partial charge in [0.15, 0.2) is 17.1 Å². The molecule has 0 saturated heterocycles. The van der Waals surface area contributed by atoms with E-state index >= 15 is 0 Å². The summed E-state index contributed by atoms with van der Waals surface area (Å²) in [5, 5.41) is 5.11. The van der Waals surface area contributed by atoms with Crippen LogP contribution in [0.4, 0.5) is 0 Å². The van der Waals surface area contributed by atoms with Crippen molar-refractivity contribution in [3.8, 4) is 17.2 Å². The summed E-state index contributed by atoms with van der Waals surface area (Å²) in [5.41, 5.74) is 4.09. The number of fused-ring (bicyclic) bond motifs is 2. The molecule has 4 aromatic rings. The lowest BCUT2D eigenvalue weighted by Crippen LogP contribution is -2.10. The first kappa shape index (κ1) is 18.2. The van der Waals surface area contributed by atoms with Gasteiger partial charge in [0.05, 0.1) is 23.7 Å². The van der Waals surface area contributed by atoms with Crippen LogP contribution < -0.4 is 14.2 Å². The molecule has 0 bridgehead atoms. The van der Waals surface area contributed by atoms with Gasteiger partial charge in [0, 0.05) is 11.8 Å². The maximum Gasteiger partial charge on any atom is 0.344 e. The van der Waals surface area contributed by atoms with E-state index in [-0.39, 0.29) is 6.79 Å². The van der Waals surface area contributed by atoms with Crippen molar-refractivity contribution in [2.75, 3.05) is 6.79 Å². The lowest BCUT2D eigenvalue weighted by molar-refractivity contribution is 0.0736. The van der Waals surface area contributed by atoms with Crippen molar-refractivity contribution in [1.82, 2.24) is 14.8 Å². The third-order valence-corrected chi connectivity index (χ3v) is 4.96. The Morgan fingerprint density at radius 3 is 2.70 bits per heavy atom. The summed E-state index contributed by atoms with van der Waals surface area (Å²) in [6.07, 6.45) is 1.66. The molecule has 3 heterocycles. The van der Waals surface area contributed by atoms with Crippen LogP contribution in [0.3, 0.4) is 0 Å². The molecule has 5 rings (SSSR count).